The number of carbonyl (C=O) groups is 1. The molecule has 0 aliphatic carbocycles. The molecule has 96 valence electrons. The van der Waals surface area contributed by atoms with Gasteiger partial charge in [0.05, 0.1) is 11.0 Å². The summed E-state index contributed by atoms with van der Waals surface area (Å²) in [6, 6.07) is 14.1. The van der Waals surface area contributed by atoms with Gasteiger partial charge in [-0.2, -0.15) is 0 Å². The molecule has 0 aliphatic rings. The molecule has 0 fully saturated rings. The minimum Gasteiger partial charge on any atom is -0.280 e. The first kappa shape index (κ1) is 12.4. The summed E-state index contributed by atoms with van der Waals surface area (Å²) in [7, 11) is 0. The predicted octanol–water partition coefficient (Wildman–Crippen LogP) is 5.00. The average Bonchev–Trinajstić information content (AvgIpc) is 2.73. The summed E-state index contributed by atoms with van der Waals surface area (Å²) in [5, 5.41) is 2.25. The van der Waals surface area contributed by atoms with E-state index in [9.17, 15) is 4.79 Å². The number of hydrogen-bond acceptors (Lipinski definition) is 1. The van der Waals surface area contributed by atoms with E-state index in [-0.39, 0.29) is 5.91 Å². The van der Waals surface area contributed by atoms with Gasteiger partial charge in [0, 0.05) is 21.7 Å². The Bertz CT molecular complexity index is 773. The van der Waals surface area contributed by atoms with Gasteiger partial charge in [-0.3, -0.25) is 9.36 Å². The minimum absolute atomic E-state index is 0.163. The van der Waals surface area contributed by atoms with Crippen LogP contribution in [0.15, 0.2) is 46.9 Å². The lowest BCUT2D eigenvalue weighted by atomic mass is 10.2. The van der Waals surface area contributed by atoms with Crippen molar-refractivity contribution >= 4 is 43.6 Å². The zero-order chi connectivity index (χ0) is 13.4. The number of para-hydroxylation sites is 1. The highest BCUT2D eigenvalue weighted by Gasteiger charge is 2.14. The van der Waals surface area contributed by atoms with Gasteiger partial charge in [-0.1, -0.05) is 41.1 Å². The number of rotatable bonds is 2. The second kappa shape index (κ2) is 4.82. The first-order valence-corrected chi connectivity index (χ1v) is 7.23. The van der Waals surface area contributed by atoms with Gasteiger partial charge in [0.15, 0.2) is 0 Å². The second-order valence-electron chi connectivity index (χ2n) is 4.66. The number of hydrogen-bond donors (Lipinski definition) is 0. The summed E-state index contributed by atoms with van der Waals surface area (Å²) in [6.07, 6.45) is 1.44. The molecular weight excluding hydrogens is 302 g/mol. The second-order valence-corrected chi connectivity index (χ2v) is 5.57. The molecule has 0 amide bonds. The maximum Gasteiger partial charge on any atom is 0.231 e. The molecule has 3 aromatic rings. The molecule has 0 saturated carbocycles. The Kier molecular flexibility index (Phi) is 3.15. The molecule has 1 heterocycles. The van der Waals surface area contributed by atoms with Crippen LogP contribution in [0.25, 0.3) is 21.8 Å². The largest absolute Gasteiger partial charge is 0.280 e. The first-order chi connectivity index (χ1) is 9.22. The fourth-order valence-corrected chi connectivity index (χ4v) is 2.90. The molecule has 0 saturated heterocycles. The van der Waals surface area contributed by atoms with Gasteiger partial charge in [-0.05, 0) is 30.7 Å². The molecule has 19 heavy (non-hydrogen) atoms. The van der Waals surface area contributed by atoms with E-state index in [1.54, 1.807) is 0 Å². The van der Waals surface area contributed by atoms with Gasteiger partial charge in [-0.15, -0.1) is 0 Å². The molecule has 3 rings (SSSR count). The number of halogens is 1. The van der Waals surface area contributed by atoms with E-state index in [0.29, 0.717) is 6.42 Å². The molecule has 0 spiro atoms. The maximum absolute atomic E-state index is 12.4. The van der Waals surface area contributed by atoms with E-state index >= 15 is 0 Å². The van der Waals surface area contributed by atoms with Crippen LogP contribution in [0, 0.1) is 0 Å². The standard InChI is InChI=1S/C16H14BrNO/c1-2-5-16(19)18-14-7-4-3-6-12(14)13-10-11(17)8-9-15(13)18/h3-4,6-10H,2,5H2,1H3. The van der Waals surface area contributed by atoms with Gasteiger partial charge < -0.3 is 0 Å². The summed E-state index contributed by atoms with van der Waals surface area (Å²) in [5.41, 5.74) is 1.98. The van der Waals surface area contributed by atoms with E-state index < -0.39 is 0 Å². The Morgan fingerprint density at radius 1 is 1.11 bits per heavy atom. The fraction of sp³-hybridized carbons (Fsp3) is 0.188. The predicted molar refractivity (Wildman–Crippen MR) is 82.7 cm³/mol. The zero-order valence-electron chi connectivity index (χ0n) is 10.7. The molecule has 2 nitrogen and oxygen atoms in total. The molecule has 2 aromatic carbocycles. The highest BCUT2D eigenvalue weighted by Crippen LogP contribution is 2.31. The topological polar surface area (TPSA) is 22.0 Å². The normalized spacial score (nSPS) is 11.3. The Labute approximate surface area is 120 Å². The Hall–Kier alpha value is -1.61. The minimum atomic E-state index is 0.163. The summed E-state index contributed by atoms with van der Waals surface area (Å²) in [4.78, 5) is 12.4. The van der Waals surface area contributed by atoms with Crippen LogP contribution in [0.2, 0.25) is 0 Å². The van der Waals surface area contributed by atoms with Crippen LogP contribution in [0.3, 0.4) is 0 Å². The molecule has 0 atom stereocenters. The lowest BCUT2D eigenvalue weighted by molar-refractivity contribution is 0.0912. The van der Waals surface area contributed by atoms with Gasteiger partial charge in [0.25, 0.3) is 0 Å². The molecule has 0 radical (unpaired) electrons. The molecule has 3 heteroatoms. The van der Waals surface area contributed by atoms with Crippen molar-refractivity contribution in [1.82, 2.24) is 4.57 Å². The van der Waals surface area contributed by atoms with E-state index in [0.717, 1.165) is 32.7 Å². The van der Waals surface area contributed by atoms with Crippen LogP contribution in [0.4, 0.5) is 0 Å². The van der Waals surface area contributed by atoms with Crippen molar-refractivity contribution in [2.24, 2.45) is 0 Å². The van der Waals surface area contributed by atoms with Gasteiger partial charge in [-0.25, -0.2) is 0 Å². The molecule has 0 aliphatic heterocycles. The van der Waals surface area contributed by atoms with Crippen LogP contribution in [-0.4, -0.2) is 10.5 Å². The van der Waals surface area contributed by atoms with Crippen molar-refractivity contribution in [1.29, 1.82) is 0 Å². The summed E-state index contributed by atoms with van der Waals surface area (Å²) < 4.78 is 2.88. The number of aromatic nitrogens is 1. The monoisotopic (exact) mass is 315 g/mol. The molecular formula is C16H14BrNO. The van der Waals surface area contributed by atoms with E-state index in [2.05, 4.69) is 28.1 Å². The average molecular weight is 316 g/mol. The van der Waals surface area contributed by atoms with Gasteiger partial charge >= 0.3 is 0 Å². The Balaban J connectivity index is 2.42. The Morgan fingerprint density at radius 3 is 2.63 bits per heavy atom. The van der Waals surface area contributed by atoms with Crippen LogP contribution in [-0.2, 0) is 0 Å². The third-order valence-electron chi connectivity index (χ3n) is 3.35. The summed E-state index contributed by atoms with van der Waals surface area (Å²) >= 11 is 3.50. The smallest absolute Gasteiger partial charge is 0.231 e. The van der Waals surface area contributed by atoms with Crippen molar-refractivity contribution in [3.8, 4) is 0 Å². The summed E-state index contributed by atoms with van der Waals surface area (Å²) in [6.45, 7) is 2.03. The summed E-state index contributed by atoms with van der Waals surface area (Å²) in [5.74, 6) is 0.163. The van der Waals surface area contributed by atoms with Crippen molar-refractivity contribution in [3.63, 3.8) is 0 Å². The molecule has 1 aromatic heterocycles. The third-order valence-corrected chi connectivity index (χ3v) is 3.84. The van der Waals surface area contributed by atoms with Crippen LogP contribution in [0.5, 0.6) is 0 Å². The van der Waals surface area contributed by atoms with E-state index in [1.165, 1.54) is 0 Å². The van der Waals surface area contributed by atoms with E-state index in [1.807, 2.05) is 41.8 Å². The highest BCUT2D eigenvalue weighted by molar-refractivity contribution is 9.10. The molecule has 0 unspecified atom stereocenters. The zero-order valence-corrected chi connectivity index (χ0v) is 12.3. The number of nitrogens with zero attached hydrogens (tertiary/aromatic N) is 1. The number of benzene rings is 2. The van der Waals surface area contributed by atoms with Crippen LogP contribution in [0.1, 0.15) is 24.6 Å². The molecule has 0 bridgehead atoms. The number of carbonyl (C=O) groups excluding carboxylic acids is 1. The fourth-order valence-electron chi connectivity index (χ4n) is 2.54. The van der Waals surface area contributed by atoms with Gasteiger partial charge in [0.2, 0.25) is 5.91 Å². The van der Waals surface area contributed by atoms with Crippen molar-refractivity contribution in [2.45, 2.75) is 19.8 Å². The lowest BCUT2D eigenvalue weighted by Gasteiger charge is -2.04. The van der Waals surface area contributed by atoms with Crippen molar-refractivity contribution in [3.05, 3.63) is 46.9 Å². The highest BCUT2D eigenvalue weighted by atomic mass is 79.9. The lowest BCUT2D eigenvalue weighted by Crippen LogP contribution is -2.09. The quantitative estimate of drug-likeness (QED) is 0.652. The maximum atomic E-state index is 12.4. The van der Waals surface area contributed by atoms with Crippen LogP contribution >= 0.6 is 15.9 Å². The van der Waals surface area contributed by atoms with Crippen molar-refractivity contribution in [2.75, 3.05) is 0 Å². The van der Waals surface area contributed by atoms with Crippen LogP contribution < -0.4 is 0 Å². The van der Waals surface area contributed by atoms with Crippen molar-refractivity contribution < 1.29 is 4.79 Å². The van der Waals surface area contributed by atoms with E-state index in [4.69, 9.17) is 0 Å². The first-order valence-electron chi connectivity index (χ1n) is 6.44. The Morgan fingerprint density at radius 2 is 1.84 bits per heavy atom. The number of fused-ring (bicyclic) bond motifs is 3. The molecule has 0 N–H and O–H groups in total. The van der Waals surface area contributed by atoms with Gasteiger partial charge in [0.1, 0.15) is 0 Å². The third kappa shape index (κ3) is 1.98. The SMILES string of the molecule is CCCC(=O)n1c2ccccc2c2cc(Br)ccc21.